The maximum atomic E-state index is 12.9. The fourth-order valence-electron chi connectivity index (χ4n) is 5.01. The number of benzene rings is 1. The maximum Gasteiger partial charge on any atom is 0.499 e. The van der Waals surface area contributed by atoms with Crippen LogP contribution in [0.4, 0.5) is 22.0 Å². The second-order valence-corrected chi connectivity index (χ2v) is 9.10. The van der Waals surface area contributed by atoms with Crippen LogP contribution in [0.2, 0.25) is 0 Å². The minimum Gasteiger partial charge on any atom is -0.426 e. The molecule has 0 bridgehead atoms. The summed E-state index contributed by atoms with van der Waals surface area (Å²) in [6.07, 6.45) is 1.58. The van der Waals surface area contributed by atoms with Crippen molar-refractivity contribution < 1.29 is 26.7 Å². The summed E-state index contributed by atoms with van der Waals surface area (Å²) in [4.78, 5) is 0. The first-order valence-corrected chi connectivity index (χ1v) is 10.9. The van der Waals surface area contributed by atoms with Crippen molar-refractivity contribution in [2.45, 2.75) is 83.4 Å². The molecular weight excluding hydrogens is 387 g/mol. The Morgan fingerprint density at radius 1 is 0.793 bits per heavy atom. The number of hydrogen-bond donors (Lipinski definition) is 0. The van der Waals surface area contributed by atoms with Gasteiger partial charge in [-0.25, -0.2) is 0 Å². The molecule has 0 atom stereocenters. The van der Waals surface area contributed by atoms with Gasteiger partial charge in [0.1, 0.15) is 5.75 Å². The minimum atomic E-state index is -5.72. The molecule has 1 aromatic carbocycles. The van der Waals surface area contributed by atoms with Gasteiger partial charge in [-0.05, 0) is 79.9 Å². The molecule has 164 valence electrons. The first-order chi connectivity index (χ1) is 13.6. The Kier molecular flexibility index (Phi) is 7.10. The van der Waals surface area contributed by atoms with Gasteiger partial charge in [-0.15, -0.1) is 0 Å². The highest BCUT2D eigenvalue weighted by atomic mass is 19.4. The number of hydrogen-bond acceptors (Lipinski definition) is 1. The molecule has 0 spiro atoms. The molecule has 0 aromatic heterocycles. The van der Waals surface area contributed by atoms with Crippen LogP contribution in [-0.4, -0.2) is 12.3 Å². The molecular formula is C23H31F5O. The van der Waals surface area contributed by atoms with E-state index in [0.717, 1.165) is 36.2 Å². The van der Waals surface area contributed by atoms with E-state index in [4.69, 9.17) is 0 Å². The van der Waals surface area contributed by atoms with Gasteiger partial charge in [-0.3, -0.25) is 0 Å². The molecule has 3 rings (SSSR count). The van der Waals surface area contributed by atoms with Gasteiger partial charge in [0, 0.05) is 0 Å². The van der Waals surface area contributed by atoms with Gasteiger partial charge in [-0.2, -0.15) is 22.0 Å². The quantitative estimate of drug-likeness (QED) is 0.429. The zero-order chi connectivity index (χ0) is 21.1. The van der Waals surface area contributed by atoms with E-state index in [1.807, 2.05) is 0 Å². The van der Waals surface area contributed by atoms with Gasteiger partial charge < -0.3 is 4.74 Å². The smallest absolute Gasteiger partial charge is 0.426 e. The Morgan fingerprint density at radius 2 is 1.31 bits per heavy atom. The van der Waals surface area contributed by atoms with E-state index in [0.29, 0.717) is 5.92 Å². The Balaban J connectivity index is 1.41. The molecule has 6 heteroatoms. The first-order valence-electron chi connectivity index (χ1n) is 10.9. The van der Waals surface area contributed by atoms with Crippen LogP contribution < -0.4 is 4.74 Å². The van der Waals surface area contributed by atoms with E-state index in [9.17, 15) is 22.0 Å². The molecule has 1 nitrogen and oxygen atoms in total. The highest BCUT2D eigenvalue weighted by Crippen LogP contribution is 2.42. The molecule has 0 N–H and O–H groups in total. The van der Waals surface area contributed by atoms with Crippen molar-refractivity contribution in [2.75, 3.05) is 0 Å². The van der Waals surface area contributed by atoms with Crippen LogP contribution in [0.5, 0.6) is 5.75 Å². The van der Waals surface area contributed by atoms with Crippen LogP contribution in [0.25, 0.3) is 0 Å². The van der Waals surface area contributed by atoms with E-state index in [1.54, 1.807) is 12.1 Å². The second-order valence-electron chi connectivity index (χ2n) is 9.10. The zero-order valence-electron chi connectivity index (χ0n) is 17.0. The second kappa shape index (κ2) is 9.22. The number of alkyl halides is 5. The van der Waals surface area contributed by atoms with Crippen LogP contribution in [0, 0.1) is 23.7 Å². The van der Waals surface area contributed by atoms with Crippen molar-refractivity contribution in [2.24, 2.45) is 23.7 Å². The van der Waals surface area contributed by atoms with Crippen LogP contribution >= 0.6 is 0 Å². The van der Waals surface area contributed by atoms with E-state index in [-0.39, 0.29) is 0 Å². The monoisotopic (exact) mass is 418 g/mol. The SMILES string of the molecule is CC1CCC(C2CCC(CCc3ccc(OC(F)(F)C(F)(F)F)cc3)CC2)CC1. The van der Waals surface area contributed by atoms with Crippen molar-refractivity contribution in [3.8, 4) is 5.75 Å². The Bertz CT molecular complexity index is 624. The normalized spacial score (nSPS) is 28.9. The molecule has 2 saturated carbocycles. The molecule has 2 aliphatic rings. The fraction of sp³-hybridized carbons (Fsp3) is 0.739. The highest BCUT2D eigenvalue weighted by Gasteiger charge is 2.61. The highest BCUT2D eigenvalue weighted by molar-refractivity contribution is 5.27. The van der Waals surface area contributed by atoms with Crippen molar-refractivity contribution >= 4 is 0 Å². The van der Waals surface area contributed by atoms with Crippen molar-refractivity contribution in [1.82, 2.24) is 0 Å². The Labute approximate surface area is 170 Å². The largest absolute Gasteiger partial charge is 0.499 e. The molecule has 0 aliphatic heterocycles. The van der Waals surface area contributed by atoms with E-state index < -0.39 is 18.0 Å². The average Bonchev–Trinajstić information content (AvgIpc) is 2.67. The molecule has 1 aromatic rings. The van der Waals surface area contributed by atoms with E-state index in [1.165, 1.54) is 63.5 Å². The lowest BCUT2D eigenvalue weighted by Gasteiger charge is -2.37. The summed E-state index contributed by atoms with van der Waals surface area (Å²) in [6, 6.07) is 5.54. The molecule has 0 heterocycles. The van der Waals surface area contributed by atoms with Gasteiger partial charge in [0.15, 0.2) is 0 Å². The number of halogens is 5. The van der Waals surface area contributed by atoms with Crippen molar-refractivity contribution in [3.63, 3.8) is 0 Å². The summed E-state index contributed by atoms with van der Waals surface area (Å²) < 4.78 is 66.4. The average molecular weight is 418 g/mol. The predicted molar refractivity (Wildman–Crippen MR) is 103 cm³/mol. The van der Waals surface area contributed by atoms with Crippen LogP contribution in [0.3, 0.4) is 0 Å². The van der Waals surface area contributed by atoms with Gasteiger partial charge in [0.25, 0.3) is 0 Å². The van der Waals surface area contributed by atoms with Crippen LogP contribution in [-0.2, 0) is 6.42 Å². The molecule has 0 unspecified atom stereocenters. The van der Waals surface area contributed by atoms with Gasteiger partial charge in [0.05, 0.1) is 0 Å². The maximum absolute atomic E-state index is 12.9. The number of ether oxygens (including phenoxy) is 1. The van der Waals surface area contributed by atoms with Gasteiger partial charge in [-0.1, -0.05) is 44.7 Å². The number of aryl methyl sites for hydroxylation is 1. The van der Waals surface area contributed by atoms with E-state index in [2.05, 4.69) is 11.7 Å². The zero-order valence-corrected chi connectivity index (χ0v) is 17.0. The lowest BCUT2D eigenvalue weighted by molar-refractivity contribution is -0.360. The third kappa shape index (κ3) is 6.08. The summed E-state index contributed by atoms with van der Waals surface area (Å²) in [5.74, 6) is 2.89. The third-order valence-electron chi connectivity index (χ3n) is 6.96. The molecule has 0 amide bonds. The van der Waals surface area contributed by atoms with E-state index >= 15 is 0 Å². The molecule has 2 aliphatic carbocycles. The summed E-state index contributed by atoms with van der Waals surface area (Å²) in [7, 11) is 0. The van der Waals surface area contributed by atoms with Crippen LogP contribution in [0.1, 0.15) is 70.3 Å². The Morgan fingerprint density at radius 3 is 1.83 bits per heavy atom. The summed E-state index contributed by atoms with van der Waals surface area (Å²) >= 11 is 0. The predicted octanol–water partition coefficient (Wildman–Crippen LogP) is 7.79. The minimum absolute atomic E-state index is 0.474. The first kappa shape index (κ1) is 22.4. The van der Waals surface area contributed by atoms with Crippen molar-refractivity contribution in [3.05, 3.63) is 29.8 Å². The third-order valence-corrected chi connectivity index (χ3v) is 6.96. The summed E-state index contributed by atoms with van der Waals surface area (Å²) in [5.41, 5.74) is 0.941. The van der Waals surface area contributed by atoms with Crippen LogP contribution in [0.15, 0.2) is 24.3 Å². The topological polar surface area (TPSA) is 9.23 Å². The molecule has 29 heavy (non-hydrogen) atoms. The molecule has 0 radical (unpaired) electrons. The molecule has 0 saturated heterocycles. The summed E-state index contributed by atoms with van der Waals surface area (Å²) in [5, 5.41) is 0. The lowest BCUT2D eigenvalue weighted by Crippen LogP contribution is -2.41. The lowest BCUT2D eigenvalue weighted by atomic mass is 9.69. The van der Waals surface area contributed by atoms with Crippen molar-refractivity contribution in [1.29, 1.82) is 0 Å². The Hall–Kier alpha value is -1.33. The van der Waals surface area contributed by atoms with Gasteiger partial charge >= 0.3 is 12.3 Å². The summed E-state index contributed by atoms with van der Waals surface area (Å²) in [6.45, 7) is 2.35. The van der Waals surface area contributed by atoms with Gasteiger partial charge in [0.2, 0.25) is 0 Å². The molecule has 2 fully saturated rings. The fourth-order valence-corrected chi connectivity index (χ4v) is 5.01. The standard InChI is InChI=1S/C23H31F5O/c1-16-2-10-19(11-3-16)20-12-6-17(7-13-20)4-5-18-8-14-21(15-9-18)29-23(27,28)22(24,25)26/h8-9,14-17,19-20H,2-7,10-13H2,1H3. The number of rotatable bonds is 6.